The molecule has 0 aliphatic carbocycles. The zero-order chi connectivity index (χ0) is 8.04. The van der Waals surface area contributed by atoms with Gasteiger partial charge in [-0.3, -0.25) is 0 Å². The zero-order valence-corrected chi connectivity index (χ0v) is 7.04. The van der Waals surface area contributed by atoms with E-state index in [1.807, 2.05) is 0 Å². The standard InChI is InChI=1S/C8H16N2/c1-9-7-5-6-8-10(2,3)4/h6-8H,1,5H2,2-4H3/q+2/b8-6+. The summed E-state index contributed by atoms with van der Waals surface area (Å²) in [7, 11) is 6.33. The lowest BCUT2D eigenvalue weighted by Crippen LogP contribution is -2.26. The largest absolute Gasteiger partial charge is 0.305 e. The second kappa shape index (κ2) is 4.04. The van der Waals surface area contributed by atoms with E-state index in [1.165, 1.54) is 0 Å². The van der Waals surface area contributed by atoms with Gasteiger partial charge in [0.25, 0.3) is 12.9 Å². The van der Waals surface area contributed by atoms with Gasteiger partial charge in [-0.15, -0.1) is 4.67 Å². The lowest BCUT2D eigenvalue weighted by Gasteiger charge is -2.16. The predicted molar refractivity (Wildman–Crippen MR) is 47.1 cm³/mol. The maximum Gasteiger partial charge on any atom is 0.272 e. The molecule has 0 bridgehead atoms. The van der Waals surface area contributed by atoms with Crippen molar-refractivity contribution in [2.75, 3.05) is 21.1 Å². The van der Waals surface area contributed by atoms with Crippen LogP contribution in [0.5, 0.6) is 0 Å². The number of hydrogen-bond donors (Lipinski definition) is 0. The monoisotopic (exact) mass is 140 g/mol. The first kappa shape index (κ1) is 9.15. The Balaban J connectivity index is 3.67. The van der Waals surface area contributed by atoms with Crippen molar-refractivity contribution < 1.29 is 4.48 Å². The number of nitrogens with zero attached hydrogens (tertiary/aromatic N) is 2. The molecule has 2 nitrogen and oxygen atoms in total. The third kappa shape index (κ3) is 7.15. The van der Waals surface area contributed by atoms with Crippen molar-refractivity contribution in [1.29, 1.82) is 0 Å². The highest BCUT2D eigenvalue weighted by molar-refractivity contribution is 5.59. The molecule has 2 heteroatoms. The van der Waals surface area contributed by atoms with E-state index in [4.69, 9.17) is 0 Å². The minimum Gasteiger partial charge on any atom is -0.305 e. The normalized spacial score (nSPS) is 11.5. The Hall–Kier alpha value is -0.850. The molecule has 0 spiro atoms. The summed E-state index contributed by atoms with van der Waals surface area (Å²) in [5, 5.41) is 0. The zero-order valence-electron chi connectivity index (χ0n) is 7.04. The molecule has 0 saturated carbocycles. The molecule has 0 saturated heterocycles. The summed E-state index contributed by atoms with van der Waals surface area (Å²) in [6, 6.07) is 0. The van der Waals surface area contributed by atoms with Crippen LogP contribution < -0.4 is 4.67 Å². The Labute approximate surface area is 62.8 Å². The Bertz CT molecular complexity index is 157. The van der Waals surface area contributed by atoms with Crippen molar-refractivity contribution in [1.82, 2.24) is 4.67 Å². The van der Waals surface area contributed by atoms with Crippen LogP contribution in [0.25, 0.3) is 0 Å². The predicted octanol–water partition coefficient (Wildman–Crippen LogP) is 0.435. The molecule has 0 radical (unpaired) electrons. The quantitative estimate of drug-likeness (QED) is 0.307. The van der Waals surface area contributed by atoms with Crippen molar-refractivity contribution in [3.8, 4) is 0 Å². The second-order valence-corrected chi connectivity index (χ2v) is 3.10. The molecule has 0 aromatic rings. The average Bonchev–Trinajstić information content (AvgIpc) is 1.78. The molecule has 0 atom stereocenters. The van der Waals surface area contributed by atoms with Gasteiger partial charge in [0.05, 0.1) is 33.8 Å². The van der Waals surface area contributed by atoms with Gasteiger partial charge in [0.1, 0.15) is 0 Å². The van der Waals surface area contributed by atoms with Crippen molar-refractivity contribution in [3.63, 3.8) is 0 Å². The molecule has 0 unspecified atom stereocenters. The molecule has 0 aromatic heterocycles. The van der Waals surface area contributed by atoms with Crippen LogP contribution in [-0.2, 0) is 0 Å². The first-order valence-electron chi connectivity index (χ1n) is 3.32. The SMILES string of the molecule is C=[N+]=CC/C=C/[N+](C)(C)C. The summed E-state index contributed by atoms with van der Waals surface area (Å²) >= 11 is 0. The fourth-order valence-electron chi connectivity index (χ4n) is 0.512. The van der Waals surface area contributed by atoms with Gasteiger partial charge in [0, 0.05) is 0 Å². The molecular weight excluding hydrogens is 124 g/mol. The van der Waals surface area contributed by atoms with Gasteiger partial charge in [-0.1, -0.05) is 0 Å². The van der Waals surface area contributed by atoms with Crippen LogP contribution in [-0.4, -0.2) is 38.6 Å². The van der Waals surface area contributed by atoms with E-state index >= 15 is 0 Å². The maximum absolute atomic E-state index is 3.62. The second-order valence-electron chi connectivity index (χ2n) is 3.10. The van der Waals surface area contributed by atoms with Crippen molar-refractivity contribution in [2.24, 2.45) is 0 Å². The van der Waals surface area contributed by atoms with E-state index in [-0.39, 0.29) is 0 Å². The number of allylic oxidation sites excluding steroid dienone is 1. The van der Waals surface area contributed by atoms with Gasteiger partial charge in [-0.05, 0) is 6.08 Å². The third-order valence-corrected chi connectivity index (χ3v) is 0.923. The highest BCUT2D eigenvalue weighted by atomic mass is 15.3. The Morgan fingerprint density at radius 3 is 2.40 bits per heavy atom. The Morgan fingerprint density at radius 2 is 2.00 bits per heavy atom. The molecule has 0 aromatic carbocycles. The topological polar surface area (TPSA) is 14.1 Å². The Kier molecular flexibility index (Phi) is 3.70. The summed E-state index contributed by atoms with van der Waals surface area (Å²) in [6.45, 7) is 3.35. The molecule has 0 rings (SSSR count). The van der Waals surface area contributed by atoms with Crippen molar-refractivity contribution in [3.05, 3.63) is 12.3 Å². The minimum absolute atomic E-state index is 0.852. The molecule has 10 heavy (non-hydrogen) atoms. The van der Waals surface area contributed by atoms with Gasteiger partial charge in [0.15, 0.2) is 0 Å². The van der Waals surface area contributed by atoms with Crippen LogP contribution in [0.15, 0.2) is 12.3 Å². The van der Waals surface area contributed by atoms with E-state index in [2.05, 4.69) is 44.8 Å². The van der Waals surface area contributed by atoms with Crippen LogP contribution in [0, 0.1) is 0 Å². The molecule has 0 aliphatic rings. The third-order valence-electron chi connectivity index (χ3n) is 0.923. The molecular formula is C8H16N2+2. The summed E-state index contributed by atoms with van der Waals surface area (Å²) in [5.74, 6) is 0. The summed E-state index contributed by atoms with van der Waals surface area (Å²) in [4.78, 5) is 0. The number of rotatable bonds is 3. The van der Waals surface area contributed by atoms with Gasteiger partial charge < -0.3 is 4.48 Å². The minimum atomic E-state index is 0.852. The number of hydrogen-bond acceptors (Lipinski definition) is 0. The van der Waals surface area contributed by atoms with Gasteiger partial charge in [-0.25, -0.2) is 0 Å². The first-order chi connectivity index (χ1) is 4.56. The summed E-state index contributed by atoms with van der Waals surface area (Å²) in [6.07, 6.45) is 6.85. The van der Waals surface area contributed by atoms with Crippen LogP contribution in [0.3, 0.4) is 0 Å². The molecule has 0 heterocycles. The van der Waals surface area contributed by atoms with Crippen molar-refractivity contribution in [2.45, 2.75) is 6.42 Å². The average molecular weight is 140 g/mol. The van der Waals surface area contributed by atoms with Gasteiger partial charge >= 0.3 is 0 Å². The summed E-state index contributed by atoms with van der Waals surface area (Å²) in [5.41, 5.74) is 0. The first-order valence-corrected chi connectivity index (χ1v) is 3.32. The van der Waals surface area contributed by atoms with E-state index in [9.17, 15) is 0 Å². The smallest absolute Gasteiger partial charge is 0.272 e. The molecule has 0 aliphatic heterocycles. The van der Waals surface area contributed by atoms with E-state index in [0.717, 1.165) is 10.9 Å². The van der Waals surface area contributed by atoms with Gasteiger partial charge in [-0.2, -0.15) is 0 Å². The van der Waals surface area contributed by atoms with Crippen LogP contribution in [0.1, 0.15) is 6.42 Å². The molecule has 0 fully saturated rings. The van der Waals surface area contributed by atoms with E-state index < -0.39 is 0 Å². The lowest BCUT2D eigenvalue weighted by atomic mass is 10.4. The van der Waals surface area contributed by atoms with E-state index in [0.29, 0.717) is 0 Å². The van der Waals surface area contributed by atoms with E-state index in [1.54, 1.807) is 6.21 Å². The molecule has 0 N–H and O–H groups in total. The fraction of sp³-hybridized carbons (Fsp3) is 0.500. The molecule has 56 valence electrons. The highest BCUT2D eigenvalue weighted by Crippen LogP contribution is 1.91. The maximum atomic E-state index is 3.62. The van der Waals surface area contributed by atoms with Crippen LogP contribution in [0.4, 0.5) is 0 Å². The Morgan fingerprint density at radius 1 is 1.40 bits per heavy atom. The highest BCUT2D eigenvalue weighted by Gasteiger charge is 1.97. The van der Waals surface area contributed by atoms with Crippen LogP contribution >= 0.6 is 0 Å². The number of quaternary nitrogens is 1. The van der Waals surface area contributed by atoms with Gasteiger partial charge in [0.2, 0.25) is 0 Å². The molecule has 0 amide bonds. The summed E-state index contributed by atoms with van der Waals surface area (Å²) < 4.78 is 4.47. The lowest BCUT2D eigenvalue weighted by molar-refractivity contribution is -0.817. The van der Waals surface area contributed by atoms with Crippen molar-refractivity contribution >= 4 is 12.9 Å². The fourth-order valence-corrected chi connectivity index (χ4v) is 0.512. The van der Waals surface area contributed by atoms with Crippen LogP contribution in [0.2, 0.25) is 0 Å².